The molecule has 0 aliphatic heterocycles. The molecule has 0 rings (SSSR count). The molecule has 1 atom stereocenters. The predicted octanol–water partition coefficient (Wildman–Crippen LogP) is 1.66. The fourth-order valence-corrected chi connectivity index (χ4v) is 1.36. The molecule has 3 heteroatoms. The Kier molecular flexibility index (Phi) is 6.09. The maximum atomic E-state index is 10.8. The van der Waals surface area contributed by atoms with Gasteiger partial charge in [0.05, 0.1) is 0 Å². The minimum atomic E-state index is -0.798. The van der Waals surface area contributed by atoms with E-state index in [1.54, 1.807) is 11.5 Å². The van der Waals surface area contributed by atoms with Crippen molar-refractivity contribution in [2.75, 3.05) is 5.75 Å². The highest BCUT2D eigenvalue weighted by Crippen LogP contribution is 1.87. The molecule has 0 saturated heterocycles. The predicted molar refractivity (Wildman–Crippen MR) is 46.1 cm³/mol. The molecule has 52 valence electrons. The number of allylic oxidation sites excluding steroid dienone is 1. The summed E-state index contributed by atoms with van der Waals surface area (Å²) in [6, 6.07) is 0. The van der Waals surface area contributed by atoms with E-state index in [1.807, 2.05) is 6.92 Å². The van der Waals surface area contributed by atoms with Gasteiger partial charge >= 0.3 is 0 Å². The second-order valence-electron chi connectivity index (χ2n) is 1.55. The van der Waals surface area contributed by atoms with Gasteiger partial charge in [0.2, 0.25) is 0 Å². The van der Waals surface area contributed by atoms with E-state index in [0.29, 0.717) is 0 Å². The van der Waals surface area contributed by atoms with Crippen LogP contribution in [0, 0.1) is 0 Å². The molecular formula is C6H10OS2. The van der Waals surface area contributed by atoms with E-state index in [4.69, 9.17) is 0 Å². The van der Waals surface area contributed by atoms with Crippen molar-refractivity contribution in [1.29, 1.82) is 0 Å². The molecule has 0 N–H and O–H groups in total. The van der Waals surface area contributed by atoms with E-state index >= 15 is 0 Å². The minimum absolute atomic E-state index is 0.736. The van der Waals surface area contributed by atoms with Gasteiger partial charge < -0.3 is 0 Å². The van der Waals surface area contributed by atoms with Gasteiger partial charge in [0, 0.05) is 27.3 Å². The van der Waals surface area contributed by atoms with Crippen LogP contribution < -0.4 is 0 Å². The maximum Gasteiger partial charge on any atom is 0.0456 e. The van der Waals surface area contributed by atoms with Crippen LogP contribution >= 0.6 is 12.2 Å². The average molecular weight is 162 g/mol. The van der Waals surface area contributed by atoms with Crippen molar-refractivity contribution in [2.45, 2.75) is 13.3 Å². The summed E-state index contributed by atoms with van der Waals surface area (Å²) in [6.45, 7) is 2.00. The van der Waals surface area contributed by atoms with Crippen LogP contribution in [0.5, 0.6) is 0 Å². The van der Waals surface area contributed by atoms with Crippen LogP contribution in [0.2, 0.25) is 0 Å². The molecule has 9 heavy (non-hydrogen) atoms. The third-order valence-electron chi connectivity index (χ3n) is 0.714. The Hall–Kier alpha value is -0.0200. The van der Waals surface area contributed by atoms with Crippen LogP contribution in [0.4, 0.5) is 0 Å². The van der Waals surface area contributed by atoms with Gasteiger partial charge in [-0.05, 0) is 12.5 Å². The van der Waals surface area contributed by atoms with E-state index in [1.165, 1.54) is 5.37 Å². The van der Waals surface area contributed by atoms with Crippen molar-refractivity contribution < 1.29 is 4.21 Å². The summed E-state index contributed by atoms with van der Waals surface area (Å²) in [6.07, 6.45) is 2.59. The van der Waals surface area contributed by atoms with Crippen LogP contribution in [-0.4, -0.2) is 15.3 Å². The molecule has 0 bridgehead atoms. The summed E-state index contributed by atoms with van der Waals surface area (Å²) in [5.41, 5.74) is 0. The third-order valence-corrected chi connectivity index (χ3v) is 2.14. The first-order valence-electron chi connectivity index (χ1n) is 2.80. The molecule has 0 fully saturated rings. The van der Waals surface area contributed by atoms with Crippen molar-refractivity contribution in [2.24, 2.45) is 0 Å². The molecule has 0 aromatic carbocycles. The molecule has 0 aromatic rings. The minimum Gasteiger partial charge on any atom is -0.255 e. The van der Waals surface area contributed by atoms with Gasteiger partial charge in [-0.25, -0.2) is 0 Å². The first-order valence-corrected chi connectivity index (χ1v) is 4.65. The fraction of sp³-hybridized carbons (Fsp3) is 0.500. The normalized spacial score (nSPS) is 13.9. The van der Waals surface area contributed by atoms with E-state index in [0.717, 1.165) is 12.2 Å². The zero-order chi connectivity index (χ0) is 7.11. The lowest BCUT2D eigenvalue weighted by Gasteiger charge is -1.86. The Morgan fingerprint density at radius 3 is 2.78 bits per heavy atom. The Balaban J connectivity index is 3.49. The molecule has 0 radical (unpaired) electrons. The van der Waals surface area contributed by atoms with Crippen LogP contribution in [0.25, 0.3) is 0 Å². The summed E-state index contributed by atoms with van der Waals surface area (Å²) in [5.74, 6) is 0.736. The maximum absolute atomic E-state index is 10.8. The smallest absolute Gasteiger partial charge is 0.0456 e. The quantitative estimate of drug-likeness (QED) is 0.462. The molecule has 0 amide bonds. The van der Waals surface area contributed by atoms with Crippen LogP contribution in [-0.2, 0) is 10.8 Å². The van der Waals surface area contributed by atoms with E-state index in [9.17, 15) is 4.21 Å². The average Bonchev–Trinajstić information content (AvgIpc) is 1.85. The highest BCUT2D eigenvalue weighted by Gasteiger charge is 1.87. The largest absolute Gasteiger partial charge is 0.255 e. The van der Waals surface area contributed by atoms with Crippen molar-refractivity contribution in [3.63, 3.8) is 0 Å². The first kappa shape index (κ1) is 8.98. The number of hydrogen-bond acceptors (Lipinski definition) is 2. The Morgan fingerprint density at radius 1 is 1.67 bits per heavy atom. The molecule has 0 aliphatic carbocycles. The van der Waals surface area contributed by atoms with Gasteiger partial charge in [-0.2, -0.15) is 0 Å². The van der Waals surface area contributed by atoms with Gasteiger partial charge in [0.25, 0.3) is 0 Å². The number of rotatable bonds is 4. The van der Waals surface area contributed by atoms with E-state index in [2.05, 4.69) is 12.2 Å². The Bertz CT molecular complexity index is 129. The van der Waals surface area contributed by atoms with Crippen LogP contribution in [0.1, 0.15) is 13.3 Å². The van der Waals surface area contributed by atoms with Gasteiger partial charge in [0.1, 0.15) is 0 Å². The zero-order valence-corrected chi connectivity index (χ0v) is 7.00. The van der Waals surface area contributed by atoms with Crippen molar-refractivity contribution in [1.82, 2.24) is 0 Å². The van der Waals surface area contributed by atoms with Gasteiger partial charge in [-0.15, -0.1) is 0 Å². The van der Waals surface area contributed by atoms with Crippen molar-refractivity contribution in [3.8, 4) is 0 Å². The molecule has 0 spiro atoms. The first-order chi connectivity index (χ1) is 4.31. The summed E-state index contributed by atoms with van der Waals surface area (Å²) >= 11 is 4.51. The molecule has 0 aromatic heterocycles. The lowest BCUT2D eigenvalue weighted by Crippen LogP contribution is -1.89. The Labute approximate surface area is 63.6 Å². The van der Waals surface area contributed by atoms with Gasteiger partial charge in [-0.1, -0.05) is 19.1 Å². The highest BCUT2D eigenvalue weighted by molar-refractivity contribution is 7.88. The van der Waals surface area contributed by atoms with E-state index < -0.39 is 10.8 Å². The molecule has 0 saturated carbocycles. The summed E-state index contributed by atoms with van der Waals surface area (Å²) in [5, 5.41) is 3.09. The van der Waals surface area contributed by atoms with Gasteiger partial charge in [-0.3, -0.25) is 4.21 Å². The van der Waals surface area contributed by atoms with Crippen LogP contribution in [0.15, 0.2) is 11.5 Å². The van der Waals surface area contributed by atoms with E-state index in [-0.39, 0.29) is 0 Å². The SMILES string of the molecule is CCCS(=O)/C=C/C=S. The van der Waals surface area contributed by atoms with Crippen LogP contribution in [0.3, 0.4) is 0 Å². The Morgan fingerprint density at radius 2 is 2.33 bits per heavy atom. The zero-order valence-electron chi connectivity index (χ0n) is 5.37. The lowest BCUT2D eigenvalue weighted by molar-refractivity contribution is 0.687. The standard InChI is InChI=1S/C6H10OS2/c1-2-5-9(7)6-3-4-8/h3-4,6H,2,5H2,1H3/b6-3+. The van der Waals surface area contributed by atoms with Crippen molar-refractivity contribution >= 4 is 28.4 Å². The third kappa shape index (κ3) is 5.86. The van der Waals surface area contributed by atoms with Gasteiger partial charge in [0.15, 0.2) is 0 Å². The van der Waals surface area contributed by atoms with Crippen molar-refractivity contribution in [3.05, 3.63) is 11.5 Å². The molecular weight excluding hydrogens is 152 g/mol. The fourth-order valence-electron chi connectivity index (χ4n) is 0.389. The summed E-state index contributed by atoms with van der Waals surface area (Å²) < 4.78 is 10.8. The summed E-state index contributed by atoms with van der Waals surface area (Å²) in [4.78, 5) is 0. The highest BCUT2D eigenvalue weighted by atomic mass is 32.2. The molecule has 0 aliphatic rings. The molecule has 1 unspecified atom stereocenters. The molecule has 1 nitrogen and oxygen atoms in total. The molecule has 0 heterocycles. The number of thiocarbonyl (C=S) groups is 1. The number of hydrogen-bond donors (Lipinski definition) is 0. The second-order valence-corrected chi connectivity index (χ2v) is 3.26. The monoisotopic (exact) mass is 162 g/mol. The second kappa shape index (κ2) is 6.11. The summed E-state index contributed by atoms with van der Waals surface area (Å²) in [7, 11) is -0.798. The topological polar surface area (TPSA) is 17.1 Å². The lowest BCUT2D eigenvalue weighted by atomic mass is 10.6.